The molecule has 0 aromatic heterocycles. The summed E-state index contributed by atoms with van der Waals surface area (Å²) in [4.78, 5) is 0. The van der Waals surface area contributed by atoms with Crippen molar-refractivity contribution in [1.82, 2.24) is 0 Å². The maximum atomic E-state index is 5.56. The predicted octanol–water partition coefficient (Wildman–Crippen LogP) is 1.40. The van der Waals surface area contributed by atoms with Crippen LogP contribution in [0.4, 0.5) is 0 Å². The molecule has 0 aliphatic heterocycles. The molecule has 2 heteroatoms. The Hall–Kier alpha value is -0.0800. The van der Waals surface area contributed by atoms with Crippen LogP contribution in [0, 0.1) is 11.3 Å². The molecule has 0 spiro atoms. The summed E-state index contributed by atoms with van der Waals surface area (Å²) in [6.07, 6.45) is 2.83. The normalized spacial score (nSPS) is 26.2. The van der Waals surface area contributed by atoms with E-state index < -0.39 is 0 Å². The lowest BCUT2D eigenvalue weighted by Crippen LogP contribution is -2.43. The van der Waals surface area contributed by atoms with Crippen molar-refractivity contribution in [2.24, 2.45) is 17.1 Å². The molecule has 1 aliphatic rings. The van der Waals surface area contributed by atoms with Gasteiger partial charge >= 0.3 is 0 Å². The Morgan fingerprint density at radius 2 is 2.09 bits per heavy atom. The average Bonchev–Trinajstić information content (AvgIpc) is 1.86. The van der Waals surface area contributed by atoms with Crippen molar-refractivity contribution in [3.63, 3.8) is 0 Å². The van der Waals surface area contributed by atoms with Crippen LogP contribution in [0.2, 0.25) is 0 Å². The zero-order valence-corrected chi connectivity index (χ0v) is 7.76. The van der Waals surface area contributed by atoms with E-state index in [2.05, 4.69) is 13.8 Å². The van der Waals surface area contributed by atoms with Crippen LogP contribution in [0.1, 0.15) is 26.7 Å². The molecule has 1 unspecified atom stereocenters. The van der Waals surface area contributed by atoms with Crippen LogP contribution in [0.15, 0.2) is 0 Å². The molecular formula is C9H19NO. The van der Waals surface area contributed by atoms with Crippen LogP contribution >= 0.6 is 0 Å². The third-order valence-corrected chi connectivity index (χ3v) is 2.69. The second kappa shape index (κ2) is 3.11. The average molecular weight is 157 g/mol. The minimum atomic E-state index is 0.294. The van der Waals surface area contributed by atoms with Gasteiger partial charge in [-0.25, -0.2) is 0 Å². The highest BCUT2D eigenvalue weighted by atomic mass is 16.5. The fourth-order valence-corrected chi connectivity index (χ4v) is 2.10. The summed E-state index contributed by atoms with van der Waals surface area (Å²) < 4.78 is 5.27. The molecule has 1 atom stereocenters. The van der Waals surface area contributed by atoms with Gasteiger partial charge in [-0.05, 0) is 24.2 Å². The lowest BCUT2D eigenvalue weighted by atomic mass is 9.62. The largest absolute Gasteiger partial charge is 0.380 e. The maximum Gasteiger partial charge on any atom is 0.0721 e. The molecule has 1 fully saturated rings. The van der Waals surface area contributed by atoms with E-state index in [-0.39, 0.29) is 0 Å². The Morgan fingerprint density at radius 1 is 1.55 bits per heavy atom. The molecule has 0 amide bonds. The Morgan fingerprint density at radius 3 is 2.36 bits per heavy atom. The van der Waals surface area contributed by atoms with Crippen molar-refractivity contribution in [2.45, 2.75) is 32.8 Å². The third kappa shape index (κ3) is 1.94. The molecule has 2 N–H and O–H groups in total. The van der Waals surface area contributed by atoms with Gasteiger partial charge in [-0.1, -0.05) is 13.8 Å². The van der Waals surface area contributed by atoms with Gasteiger partial charge in [0.25, 0.3) is 0 Å². The Kier molecular flexibility index (Phi) is 2.55. The van der Waals surface area contributed by atoms with Crippen LogP contribution in [0.25, 0.3) is 0 Å². The van der Waals surface area contributed by atoms with Crippen LogP contribution in [-0.4, -0.2) is 19.8 Å². The van der Waals surface area contributed by atoms with E-state index >= 15 is 0 Å². The van der Waals surface area contributed by atoms with Gasteiger partial charge in [0, 0.05) is 13.7 Å². The minimum Gasteiger partial charge on any atom is -0.380 e. The summed E-state index contributed by atoms with van der Waals surface area (Å²) in [6.45, 7) is 5.26. The van der Waals surface area contributed by atoms with Gasteiger partial charge in [0.2, 0.25) is 0 Å². The summed E-state index contributed by atoms with van der Waals surface area (Å²) in [6, 6.07) is 0. The van der Waals surface area contributed by atoms with E-state index in [9.17, 15) is 0 Å². The molecule has 0 bridgehead atoms. The zero-order valence-electron chi connectivity index (χ0n) is 7.76. The highest BCUT2D eigenvalue weighted by Gasteiger charge is 2.39. The van der Waals surface area contributed by atoms with Gasteiger partial charge in [0.15, 0.2) is 0 Å². The van der Waals surface area contributed by atoms with Crippen LogP contribution in [0.3, 0.4) is 0 Å². The van der Waals surface area contributed by atoms with Gasteiger partial charge < -0.3 is 10.5 Å². The quantitative estimate of drug-likeness (QED) is 0.672. The fourth-order valence-electron chi connectivity index (χ4n) is 2.10. The molecular weight excluding hydrogens is 138 g/mol. The van der Waals surface area contributed by atoms with Gasteiger partial charge in [0.1, 0.15) is 0 Å². The van der Waals surface area contributed by atoms with Crippen molar-refractivity contribution in [3.8, 4) is 0 Å². The summed E-state index contributed by atoms with van der Waals surface area (Å²) >= 11 is 0. The first kappa shape index (κ1) is 9.01. The molecule has 0 heterocycles. The van der Waals surface area contributed by atoms with Crippen LogP contribution in [-0.2, 0) is 4.74 Å². The monoisotopic (exact) mass is 157 g/mol. The van der Waals surface area contributed by atoms with Crippen molar-refractivity contribution >= 4 is 0 Å². The van der Waals surface area contributed by atoms with E-state index in [1.165, 1.54) is 12.8 Å². The summed E-state index contributed by atoms with van der Waals surface area (Å²) in [5, 5.41) is 0. The molecule has 0 radical (unpaired) electrons. The molecule has 1 aliphatic carbocycles. The molecule has 1 saturated carbocycles. The second-order valence-electron chi connectivity index (χ2n) is 4.34. The maximum absolute atomic E-state index is 5.56. The number of rotatable bonds is 3. The fraction of sp³-hybridized carbons (Fsp3) is 1.00. The number of nitrogens with two attached hydrogens (primary N) is 1. The Labute approximate surface area is 69.1 Å². The van der Waals surface area contributed by atoms with E-state index in [0.717, 1.165) is 0 Å². The molecule has 0 saturated heterocycles. The van der Waals surface area contributed by atoms with Gasteiger partial charge in [0.05, 0.1) is 6.10 Å². The van der Waals surface area contributed by atoms with Crippen molar-refractivity contribution in [3.05, 3.63) is 0 Å². The lowest BCUT2D eigenvalue weighted by Gasteiger charge is -2.45. The minimum absolute atomic E-state index is 0.294. The molecule has 0 aromatic carbocycles. The highest BCUT2D eigenvalue weighted by molar-refractivity contribution is 4.91. The van der Waals surface area contributed by atoms with E-state index in [1.807, 2.05) is 0 Å². The first-order valence-corrected chi connectivity index (χ1v) is 4.32. The standard InChI is InChI=1S/C9H19NO/c1-9(2)4-7(5-9)8(6-10)11-3/h7-8H,4-6,10H2,1-3H3. The topological polar surface area (TPSA) is 35.2 Å². The molecule has 0 aromatic rings. The van der Waals surface area contributed by atoms with E-state index in [1.54, 1.807) is 7.11 Å². The molecule has 1 rings (SSSR count). The first-order chi connectivity index (χ1) is 5.09. The molecule has 2 nitrogen and oxygen atoms in total. The third-order valence-electron chi connectivity index (χ3n) is 2.69. The summed E-state index contributed by atoms with van der Waals surface area (Å²) in [5.41, 5.74) is 6.10. The number of methoxy groups -OCH3 is 1. The first-order valence-electron chi connectivity index (χ1n) is 4.32. The Bertz CT molecular complexity index is 122. The van der Waals surface area contributed by atoms with Gasteiger partial charge in [-0.3, -0.25) is 0 Å². The predicted molar refractivity (Wildman–Crippen MR) is 46.4 cm³/mol. The van der Waals surface area contributed by atoms with Crippen molar-refractivity contribution < 1.29 is 4.74 Å². The van der Waals surface area contributed by atoms with Gasteiger partial charge in [-0.15, -0.1) is 0 Å². The zero-order chi connectivity index (χ0) is 8.48. The lowest BCUT2D eigenvalue weighted by molar-refractivity contribution is -0.0321. The summed E-state index contributed by atoms with van der Waals surface area (Å²) in [5.74, 6) is 0.708. The van der Waals surface area contributed by atoms with Gasteiger partial charge in [-0.2, -0.15) is 0 Å². The SMILES string of the molecule is COC(CN)C1CC(C)(C)C1. The smallest absolute Gasteiger partial charge is 0.0721 e. The number of ether oxygens (including phenoxy) is 1. The number of hydrogen-bond acceptors (Lipinski definition) is 2. The Balaban J connectivity index is 2.30. The molecule has 11 heavy (non-hydrogen) atoms. The highest BCUT2D eigenvalue weighted by Crippen LogP contribution is 2.46. The van der Waals surface area contributed by atoms with Crippen molar-refractivity contribution in [2.75, 3.05) is 13.7 Å². The van der Waals surface area contributed by atoms with Crippen LogP contribution in [0.5, 0.6) is 0 Å². The van der Waals surface area contributed by atoms with Crippen LogP contribution < -0.4 is 5.73 Å². The van der Waals surface area contributed by atoms with Crippen molar-refractivity contribution in [1.29, 1.82) is 0 Å². The summed E-state index contributed by atoms with van der Waals surface area (Å²) in [7, 11) is 1.75. The number of hydrogen-bond donors (Lipinski definition) is 1. The van der Waals surface area contributed by atoms with E-state index in [0.29, 0.717) is 24.0 Å². The molecule has 66 valence electrons. The van der Waals surface area contributed by atoms with E-state index in [4.69, 9.17) is 10.5 Å². The second-order valence-corrected chi connectivity index (χ2v) is 4.34.